The zero-order valence-corrected chi connectivity index (χ0v) is 24.7. The van der Waals surface area contributed by atoms with E-state index in [4.69, 9.17) is 9.15 Å². The SMILES string of the molecule is COCc1ccc(N(C)C)cc1N1C(=O)CS/C1=N\C(=O)Nc1ccc(-c2nnc(-c3ccc(OC(F)(F)F)cc3)o2)cc1F. The summed E-state index contributed by atoms with van der Waals surface area (Å²) >= 11 is 1.07. The molecular formula is C29H24F4N6O5S. The third kappa shape index (κ3) is 7.41. The van der Waals surface area contributed by atoms with Gasteiger partial charge in [-0.05, 0) is 54.6 Å². The third-order valence-corrected chi connectivity index (χ3v) is 7.23. The first-order valence-electron chi connectivity index (χ1n) is 13.1. The fraction of sp³-hybridized carbons (Fsp3) is 0.207. The Morgan fingerprint density at radius 2 is 1.76 bits per heavy atom. The molecule has 11 nitrogen and oxygen atoms in total. The normalized spacial score (nSPS) is 14.2. The van der Waals surface area contributed by atoms with Crippen LogP contribution in [0.3, 0.4) is 0 Å². The maximum absolute atomic E-state index is 15.0. The number of urea groups is 1. The second-order valence-corrected chi connectivity index (χ2v) is 10.6. The van der Waals surface area contributed by atoms with Crippen molar-refractivity contribution >= 4 is 45.9 Å². The highest BCUT2D eigenvalue weighted by atomic mass is 32.2. The molecule has 0 aliphatic carbocycles. The average Bonchev–Trinajstić information content (AvgIpc) is 3.61. The number of thioether (sulfide) groups is 1. The first-order chi connectivity index (χ1) is 21.4. The van der Waals surface area contributed by atoms with Crippen molar-refractivity contribution in [3.63, 3.8) is 0 Å². The lowest BCUT2D eigenvalue weighted by Crippen LogP contribution is -2.31. The van der Waals surface area contributed by atoms with Crippen LogP contribution in [0, 0.1) is 5.82 Å². The number of aliphatic imine (C=N–C) groups is 1. The Morgan fingerprint density at radius 1 is 1.07 bits per heavy atom. The van der Waals surface area contributed by atoms with Gasteiger partial charge in [-0.3, -0.25) is 9.69 Å². The number of anilines is 3. The molecule has 0 atom stereocenters. The number of aromatic nitrogens is 2. The number of alkyl halides is 3. The van der Waals surface area contributed by atoms with E-state index in [1.165, 1.54) is 36.3 Å². The summed E-state index contributed by atoms with van der Waals surface area (Å²) in [7, 11) is 5.24. The standard InChI is InChI=1S/C29H24F4N6O5S/c1-38(2)19-8-4-18(14-42-3)23(13-19)39-24(40)15-45-28(39)35-27(41)34-22-11-7-17(12-21(22)30)26-37-36-25(43-26)16-5-9-20(10-6-16)44-29(31,32)33/h4-13H,14-15H2,1-3H3,(H,34,41)/b35-28-. The summed E-state index contributed by atoms with van der Waals surface area (Å²) < 4.78 is 66.9. The predicted octanol–water partition coefficient (Wildman–Crippen LogP) is 6.32. The van der Waals surface area contributed by atoms with Gasteiger partial charge in [0.25, 0.3) is 0 Å². The zero-order valence-electron chi connectivity index (χ0n) is 23.9. The molecule has 1 aliphatic rings. The van der Waals surface area contributed by atoms with Crippen LogP contribution in [0.25, 0.3) is 22.9 Å². The Balaban J connectivity index is 1.31. The highest BCUT2D eigenvalue weighted by molar-refractivity contribution is 8.15. The highest BCUT2D eigenvalue weighted by Crippen LogP contribution is 2.34. The number of amidine groups is 1. The van der Waals surface area contributed by atoms with Crippen LogP contribution in [-0.2, 0) is 16.1 Å². The van der Waals surface area contributed by atoms with Gasteiger partial charge in [-0.2, -0.15) is 4.99 Å². The van der Waals surface area contributed by atoms with E-state index < -0.39 is 24.0 Å². The molecule has 4 aromatic rings. The number of halogens is 4. The van der Waals surface area contributed by atoms with Crippen LogP contribution in [0.1, 0.15) is 5.56 Å². The fourth-order valence-corrected chi connectivity index (χ4v) is 5.09. The Bertz CT molecular complexity index is 1760. The van der Waals surface area contributed by atoms with Crippen LogP contribution in [0.15, 0.2) is 70.1 Å². The van der Waals surface area contributed by atoms with Crippen molar-refractivity contribution in [2.45, 2.75) is 13.0 Å². The maximum atomic E-state index is 15.0. The van der Waals surface area contributed by atoms with E-state index in [0.717, 1.165) is 35.6 Å². The van der Waals surface area contributed by atoms with Crippen molar-refractivity contribution in [1.29, 1.82) is 0 Å². The molecule has 0 spiro atoms. The van der Waals surface area contributed by atoms with E-state index >= 15 is 4.39 Å². The number of amides is 3. The smallest absolute Gasteiger partial charge is 0.416 e. The molecule has 1 aromatic heterocycles. The Morgan fingerprint density at radius 3 is 2.40 bits per heavy atom. The van der Waals surface area contributed by atoms with E-state index in [-0.39, 0.29) is 46.5 Å². The molecule has 234 valence electrons. The predicted molar refractivity (Wildman–Crippen MR) is 160 cm³/mol. The molecule has 0 radical (unpaired) electrons. The lowest BCUT2D eigenvalue weighted by Gasteiger charge is -2.22. The minimum absolute atomic E-state index is 0.0184. The van der Waals surface area contributed by atoms with Gasteiger partial charge in [0.05, 0.1) is 23.7 Å². The molecule has 0 unspecified atom stereocenters. The molecule has 1 saturated heterocycles. The van der Waals surface area contributed by atoms with Gasteiger partial charge in [-0.15, -0.1) is 23.4 Å². The number of benzene rings is 3. The highest BCUT2D eigenvalue weighted by Gasteiger charge is 2.33. The topological polar surface area (TPSA) is 122 Å². The number of hydrogen-bond donors (Lipinski definition) is 1. The number of carbonyl (C=O) groups excluding carboxylic acids is 2. The van der Waals surface area contributed by atoms with Crippen molar-refractivity contribution in [3.05, 3.63) is 72.0 Å². The van der Waals surface area contributed by atoms with Crippen LogP contribution < -0.4 is 19.9 Å². The molecule has 0 saturated carbocycles. The molecule has 0 bridgehead atoms. The lowest BCUT2D eigenvalue weighted by atomic mass is 10.1. The van der Waals surface area contributed by atoms with Gasteiger partial charge in [-0.1, -0.05) is 17.8 Å². The molecule has 45 heavy (non-hydrogen) atoms. The van der Waals surface area contributed by atoms with Crippen molar-refractivity contribution in [2.75, 3.05) is 42.1 Å². The number of methoxy groups -OCH3 is 1. The lowest BCUT2D eigenvalue weighted by molar-refractivity contribution is -0.274. The van der Waals surface area contributed by atoms with Gasteiger partial charge in [0.1, 0.15) is 11.6 Å². The number of nitrogens with zero attached hydrogens (tertiary/aromatic N) is 5. The second kappa shape index (κ2) is 13.0. The van der Waals surface area contributed by atoms with Crippen LogP contribution in [0.5, 0.6) is 5.75 Å². The molecular weight excluding hydrogens is 620 g/mol. The summed E-state index contributed by atoms with van der Waals surface area (Å²) in [6, 6.07) is 13.1. The summed E-state index contributed by atoms with van der Waals surface area (Å²) in [5.41, 5.74) is 2.36. The first-order valence-corrected chi connectivity index (χ1v) is 14.0. The number of rotatable bonds is 8. The molecule has 5 rings (SSSR count). The molecule has 1 fully saturated rings. The van der Waals surface area contributed by atoms with Gasteiger partial charge in [0.2, 0.25) is 17.7 Å². The Labute approximate surface area is 257 Å². The van der Waals surface area contributed by atoms with Crippen LogP contribution >= 0.6 is 11.8 Å². The van der Waals surface area contributed by atoms with Gasteiger partial charge in [0.15, 0.2) is 5.17 Å². The van der Waals surface area contributed by atoms with Crippen LogP contribution in [0.4, 0.5) is 39.4 Å². The molecule has 3 aromatic carbocycles. The quantitative estimate of drug-likeness (QED) is 0.220. The first kappa shape index (κ1) is 31.5. The average molecular weight is 645 g/mol. The minimum atomic E-state index is -4.83. The number of hydrogen-bond acceptors (Lipinski definition) is 9. The molecule has 2 heterocycles. The van der Waals surface area contributed by atoms with E-state index in [0.29, 0.717) is 16.8 Å². The summed E-state index contributed by atoms with van der Waals surface area (Å²) in [6.07, 6.45) is -4.83. The van der Waals surface area contributed by atoms with Crippen LogP contribution in [-0.4, -0.2) is 60.6 Å². The number of carbonyl (C=O) groups is 2. The summed E-state index contributed by atoms with van der Waals surface area (Å²) in [6.45, 7) is 0.221. The van der Waals surface area contributed by atoms with Gasteiger partial charge >= 0.3 is 12.4 Å². The van der Waals surface area contributed by atoms with Crippen LogP contribution in [0.2, 0.25) is 0 Å². The van der Waals surface area contributed by atoms with E-state index in [1.807, 2.05) is 31.1 Å². The summed E-state index contributed by atoms with van der Waals surface area (Å²) in [5, 5.41) is 10.2. The monoisotopic (exact) mass is 644 g/mol. The van der Waals surface area contributed by atoms with E-state index in [9.17, 15) is 22.8 Å². The zero-order chi connectivity index (χ0) is 32.3. The Hall–Kier alpha value is -4.96. The Kier molecular flexibility index (Phi) is 9.06. The molecule has 16 heteroatoms. The molecule has 3 amide bonds. The van der Waals surface area contributed by atoms with Crippen molar-refractivity contribution in [1.82, 2.24) is 10.2 Å². The van der Waals surface area contributed by atoms with Gasteiger partial charge in [-0.25, -0.2) is 9.18 Å². The van der Waals surface area contributed by atoms with Crippen molar-refractivity contribution in [3.8, 4) is 28.7 Å². The summed E-state index contributed by atoms with van der Waals surface area (Å²) in [5.74, 6) is -1.56. The largest absolute Gasteiger partial charge is 0.573 e. The van der Waals surface area contributed by atoms with Gasteiger partial charge in [0, 0.05) is 43.6 Å². The maximum Gasteiger partial charge on any atom is 0.573 e. The molecule has 1 N–H and O–H groups in total. The number of nitrogens with one attached hydrogen (secondary N) is 1. The minimum Gasteiger partial charge on any atom is -0.416 e. The fourth-order valence-electron chi connectivity index (χ4n) is 4.23. The van der Waals surface area contributed by atoms with E-state index in [1.54, 1.807) is 6.07 Å². The number of ether oxygens (including phenoxy) is 2. The third-order valence-electron chi connectivity index (χ3n) is 6.31. The van der Waals surface area contributed by atoms with Gasteiger partial charge < -0.3 is 24.1 Å². The molecule has 1 aliphatic heterocycles. The van der Waals surface area contributed by atoms with E-state index in [2.05, 4.69) is 25.2 Å². The summed E-state index contributed by atoms with van der Waals surface area (Å²) in [4.78, 5) is 33.0. The van der Waals surface area contributed by atoms with Crippen molar-refractivity contribution in [2.24, 2.45) is 4.99 Å². The second-order valence-electron chi connectivity index (χ2n) is 9.66. The van der Waals surface area contributed by atoms with Crippen molar-refractivity contribution < 1.29 is 41.0 Å².